The summed E-state index contributed by atoms with van der Waals surface area (Å²) in [4.78, 5) is 21.3. The summed E-state index contributed by atoms with van der Waals surface area (Å²) in [5.41, 5.74) is -0.351. The number of nitrogens with zero attached hydrogens (tertiary/aromatic N) is 3. The Labute approximate surface area is 97.2 Å². The number of hydrogen-bond donors (Lipinski definition) is 1. The molecule has 0 aliphatic heterocycles. The number of carboxylic acids is 1. The third-order valence-electron chi connectivity index (χ3n) is 3.19. The van der Waals surface area contributed by atoms with Gasteiger partial charge in [0.15, 0.2) is 0 Å². The second kappa shape index (κ2) is 4.15. The molecule has 17 heavy (non-hydrogen) atoms. The molecule has 0 saturated heterocycles. The van der Waals surface area contributed by atoms with Gasteiger partial charge in [-0.3, -0.25) is 14.8 Å². The first-order chi connectivity index (χ1) is 8.02. The Morgan fingerprint density at radius 1 is 1.53 bits per heavy atom. The predicted molar refractivity (Wildman–Crippen MR) is 58.0 cm³/mol. The summed E-state index contributed by atoms with van der Waals surface area (Å²) in [6.07, 6.45) is 3.77. The molecule has 1 aliphatic carbocycles. The van der Waals surface area contributed by atoms with Crippen LogP contribution in [-0.4, -0.2) is 25.8 Å². The van der Waals surface area contributed by atoms with Crippen LogP contribution in [0.1, 0.15) is 47.8 Å². The average Bonchev–Trinajstić information content (AvgIpc) is 2.83. The molecule has 1 heterocycles. The first-order valence-corrected chi connectivity index (χ1v) is 5.47. The molecule has 0 radical (unpaired) electrons. The van der Waals surface area contributed by atoms with Gasteiger partial charge in [-0.2, -0.15) is 5.10 Å². The summed E-state index contributed by atoms with van der Waals surface area (Å²) in [5, 5.41) is 23.7. The number of aryl methyl sites for hydroxylation is 1. The molecule has 0 atom stereocenters. The maximum absolute atomic E-state index is 11.0. The topological polar surface area (TPSA) is 98.3 Å². The van der Waals surface area contributed by atoms with Crippen molar-refractivity contribution in [3.63, 3.8) is 0 Å². The highest BCUT2D eigenvalue weighted by Gasteiger charge is 2.35. The average molecular weight is 239 g/mol. The van der Waals surface area contributed by atoms with Crippen molar-refractivity contribution < 1.29 is 14.8 Å². The van der Waals surface area contributed by atoms with Gasteiger partial charge in [-0.15, -0.1) is 0 Å². The summed E-state index contributed by atoms with van der Waals surface area (Å²) >= 11 is 0. The molecule has 0 amide bonds. The lowest BCUT2D eigenvalue weighted by Gasteiger charge is -2.08. The van der Waals surface area contributed by atoms with Crippen molar-refractivity contribution in [1.29, 1.82) is 0 Å². The van der Waals surface area contributed by atoms with Crippen molar-refractivity contribution in [2.75, 3.05) is 0 Å². The molecule has 7 nitrogen and oxygen atoms in total. The quantitative estimate of drug-likeness (QED) is 0.639. The highest BCUT2D eigenvalue weighted by atomic mass is 16.6. The summed E-state index contributed by atoms with van der Waals surface area (Å²) in [7, 11) is 1.56. The normalized spacial score (nSPS) is 16.3. The van der Waals surface area contributed by atoms with Crippen molar-refractivity contribution in [2.45, 2.75) is 31.6 Å². The fourth-order valence-electron chi connectivity index (χ4n) is 2.51. The number of hydrogen-bond acceptors (Lipinski definition) is 4. The number of carbonyl (C=O) groups is 1. The van der Waals surface area contributed by atoms with Gasteiger partial charge in [-0.05, 0) is 12.8 Å². The molecule has 1 N–H and O–H groups in total. The van der Waals surface area contributed by atoms with Gasteiger partial charge >= 0.3 is 11.7 Å². The van der Waals surface area contributed by atoms with Gasteiger partial charge in [0.1, 0.15) is 5.69 Å². The molecule has 1 aromatic heterocycles. The summed E-state index contributed by atoms with van der Waals surface area (Å²) < 4.78 is 1.34. The zero-order valence-electron chi connectivity index (χ0n) is 9.42. The van der Waals surface area contributed by atoms with Gasteiger partial charge in [0.25, 0.3) is 0 Å². The van der Waals surface area contributed by atoms with E-state index >= 15 is 0 Å². The monoisotopic (exact) mass is 239 g/mol. The van der Waals surface area contributed by atoms with Crippen molar-refractivity contribution in [3.8, 4) is 0 Å². The van der Waals surface area contributed by atoms with Crippen LogP contribution in [0.2, 0.25) is 0 Å². The molecule has 0 bridgehead atoms. The van der Waals surface area contributed by atoms with Gasteiger partial charge in [0.2, 0.25) is 5.69 Å². The van der Waals surface area contributed by atoms with Gasteiger partial charge in [-0.25, -0.2) is 4.79 Å². The van der Waals surface area contributed by atoms with E-state index in [1.807, 2.05) is 0 Å². The molecule has 92 valence electrons. The van der Waals surface area contributed by atoms with E-state index in [1.165, 1.54) is 4.68 Å². The Morgan fingerprint density at radius 3 is 2.59 bits per heavy atom. The summed E-state index contributed by atoms with van der Waals surface area (Å²) in [6, 6.07) is 0. The van der Waals surface area contributed by atoms with Crippen LogP contribution in [0.4, 0.5) is 5.69 Å². The van der Waals surface area contributed by atoms with Crippen molar-refractivity contribution >= 4 is 11.7 Å². The Bertz CT molecular complexity index is 474. The molecule has 1 aromatic rings. The lowest BCUT2D eigenvalue weighted by molar-refractivity contribution is -0.386. The van der Waals surface area contributed by atoms with E-state index in [0.29, 0.717) is 5.69 Å². The van der Waals surface area contributed by atoms with E-state index in [4.69, 9.17) is 5.11 Å². The molecule has 0 aromatic carbocycles. The summed E-state index contributed by atoms with van der Waals surface area (Å²) in [5.74, 6) is -1.29. The Kier molecular flexibility index (Phi) is 2.83. The molecule has 7 heteroatoms. The van der Waals surface area contributed by atoms with Crippen molar-refractivity contribution in [3.05, 3.63) is 21.5 Å². The van der Waals surface area contributed by atoms with E-state index in [0.717, 1.165) is 25.7 Å². The van der Waals surface area contributed by atoms with Gasteiger partial charge in [0.05, 0.1) is 4.92 Å². The van der Waals surface area contributed by atoms with Crippen LogP contribution in [0.5, 0.6) is 0 Å². The van der Waals surface area contributed by atoms with E-state index in [2.05, 4.69) is 5.10 Å². The van der Waals surface area contributed by atoms with Crippen LogP contribution in [0.15, 0.2) is 0 Å². The smallest absolute Gasteiger partial charge is 0.363 e. The predicted octanol–water partition coefficient (Wildman–Crippen LogP) is 1.68. The minimum Gasteiger partial charge on any atom is -0.476 e. The third-order valence-corrected chi connectivity index (χ3v) is 3.19. The Morgan fingerprint density at radius 2 is 2.12 bits per heavy atom. The number of rotatable bonds is 3. The molecule has 0 unspecified atom stereocenters. The zero-order chi connectivity index (χ0) is 12.6. The van der Waals surface area contributed by atoms with Crippen LogP contribution in [0, 0.1) is 10.1 Å². The van der Waals surface area contributed by atoms with Crippen LogP contribution in [0.3, 0.4) is 0 Å². The second-order valence-corrected chi connectivity index (χ2v) is 4.25. The maximum atomic E-state index is 11.0. The van der Waals surface area contributed by atoms with E-state index in [1.54, 1.807) is 7.05 Å². The van der Waals surface area contributed by atoms with Crippen LogP contribution in [-0.2, 0) is 7.05 Å². The molecular formula is C10H13N3O4. The third kappa shape index (κ3) is 1.88. The lowest BCUT2D eigenvalue weighted by Crippen LogP contribution is -2.05. The van der Waals surface area contributed by atoms with Crippen LogP contribution < -0.4 is 0 Å². The number of nitro groups is 1. The van der Waals surface area contributed by atoms with Crippen molar-refractivity contribution in [2.24, 2.45) is 7.05 Å². The standard InChI is InChI=1S/C10H13N3O4/c1-12-8(6-4-2-3-5-6)9(13(16)17)7(11-12)10(14)15/h6H,2-5H2,1H3,(H,14,15). The van der Waals surface area contributed by atoms with E-state index in [9.17, 15) is 14.9 Å². The van der Waals surface area contributed by atoms with Crippen LogP contribution in [0.25, 0.3) is 0 Å². The van der Waals surface area contributed by atoms with E-state index < -0.39 is 16.6 Å². The second-order valence-electron chi connectivity index (χ2n) is 4.25. The Hall–Kier alpha value is -1.92. The first kappa shape index (κ1) is 11.6. The maximum Gasteiger partial charge on any atom is 0.363 e. The molecule has 2 rings (SSSR count). The Balaban J connectivity index is 2.56. The first-order valence-electron chi connectivity index (χ1n) is 5.47. The fourth-order valence-corrected chi connectivity index (χ4v) is 2.51. The highest BCUT2D eigenvalue weighted by molar-refractivity contribution is 5.90. The number of carboxylic acid groups (broad SMARTS) is 1. The fraction of sp³-hybridized carbons (Fsp3) is 0.600. The van der Waals surface area contributed by atoms with Gasteiger partial charge < -0.3 is 5.11 Å². The minimum absolute atomic E-state index is 0.0565. The highest BCUT2D eigenvalue weighted by Crippen LogP contribution is 2.39. The SMILES string of the molecule is Cn1nc(C(=O)O)c([N+](=O)[O-])c1C1CCCC1. The molecule has 1 saturated carbocycles. The number of aromatic carboxylic acids is 1. The van der Waals surface area contributed by atoms with E-state index in [-0.39, 0.29) is 11.6 Å². The number of aromatic nitrogens is 2. The molecule has 1 aliphatic rings. The van der Waals surface area contributed by atoms with Crippen molar-refractivity contribution in [1.82, 2.24) is 9.78 Å². The zero-order valence-corrected chi connectivity index (χ0v) is 9.42. The largest absolute Gasteiger partial charge is 0.476 e. The molecule has 0 spiro atoms. The molecule has 1 fully saturated rings. The molecular weight excluding hydrogens is 226 g/mol. The van der Waals surface area contributed by atoms with Gasteiger partial charge in [0, 0.05) is 13.0 Å². The lowest BCUT2D eigenvalue weighted by atomic mass is 10.0. The van der Waals surface area contributed by atoms with Gasteiger partial charge in [-0.1, -0.05) is 12.8 Å². The van der Waals surface area contributed by atoms with Crippen LogP contribution >= 0.6 is 0 Å². The summed E-state index contributed by atoms with van der Waals surface area (Å²) in [6.45, 7) is 0. The minimum atomic E-state index is -1.35.